The number of hydrogen-bond donors (Lipinski definition) is 0. The fourth-order valence-corrected chi connectivity index (χ4v) is 3.30. The van der Waals surface area contributed by atoms with Gasteiger partial charge >= 0.3 is 0 Å². The van der Waals surface area contributed by atoms with E-state index in [1.807, 2.05) is 25.3 Å². The van der Waals surface area contributed by atoms with E-state index in [1.165, 1.54) is 0 Å². The van der Waals surface area contributed by atoms with E-state index >= 15 is 0 Å². The van der Waals surface area contributed by atoms with Gasteiger partial charge in [0, 0.05) is 17.5 Å². The predicted molar refractivity (Wildman–Crippen MR) is 82.7 cm³/mol. The maximum absolute atomic E-state index is 12.2. The standard InChI is InChI=1S/C12H12ClIN2OS/c1-3-16-9(12(13)7(2)15-16)5-10(17)8-4-11(14)18-6-8/h4,6H,3,5H2,1-2H3. The molecule has 0 N–H and O–H groups in total. The van der Waals surface area contributed by atoms with Crippen LogP contribution in [0.2, 0.25) is 5.02 Å². The molecule has 0 atom stereocenters. The van der Waals surface area contributed by atoms with Gasteiger partial charge in [0.05, 0.1) is 25.7 Å². The molecule has 0 spiro atoms. The van der Waals surface area contributed by atoms with Gasteiger partial charge in [-0.15, -0.1) is 11.3 Å². The van der Waals surface area contributed by atoms with Crippen LogP contribution in [0.3, 0.4) is 0 Å². The van der Waals surface area contributed by atoms with Crippen molar-refractivity contribution in [3.05, 3.63) is 36.3 Å². The lowest BCUT2D eigenvalue weighted by atomic mass is 10.1. The summed E-state index contributed by atoms with van der Waals surface area (Å²) in [5.74, 6) is 0.0886. The topological polar surface area (TPSA) is 34.9 Å². The Hall–Kier alpha value is -0.400. The van der Waals surface area contributed by atoms with Gasteiger partial charge in [-0.05, 0) is 42.5 Å². The molecular formula is C12H12ClIN2OS. The highest BCUT2D eigenvalue weighted by Gasteiger charge is 2.17. The van der Waals surface area contributed by atoms with Crippen molar-refractivity contribution >= 4 is 51.3 Å². The van der Waals surface area contributed by atoms with Crippen LogP contribution in [0.4, 0.5) is 0 Å². The minimum Gasteiger partial charge on any atom is -0.294 e. The highest BCUT2D eigenvalue weighted by Crippen LogP contribution is 2.23. The molecule has 0 aromatic carbocycles. The molecule has 0 aliphatic rings. The maximum atomic E-state index is 12.2. The van der Waals surface area contributed by atoms with Gasteiger partial charge in [-0.2, -0.15) is 5.10 Å². The van der Waals surface area contributed by atoms with E-state index in [0.29, 0.717) is 11.4 Å². The number of aryl methyl sites for hydroxylation is 2. The van der Waals surface area contributed by atoms with Crippen LogP contribution in [0.5, 0.6) is 0 Å². The van der Waals surface area contributed by atoms with Crippen LogP contribution in [0.15, 0.2) is 11.4 Å². The van der Waals surface area contributed by atoms with Crippen molar-refractivity contribution in [1.82, 2.24) is 9.78 Å². The molecule has 96 valence electrons. The fraction of sp³-hybridized carbons (Fsp3) is 0.333. The lowest BCUT2D eigenvalue weighted by Gasteiger charge is -2.03. The third kappa shape index (κ3) is 2.78. The third-order valence-electron chi connectivity index (χ3n) is 2.67. The number of thiophene rings is 1. The number of ketones is 1. The minimum absolute atomic E-state index is 0.0886. The number of hydrogen-bond acceptors (Lipinski definition) is 3. The molecule has 2 rings (SSSR count). The zero-order valence-electron chi connectivity index (χ0n) is 10.0. The van der Waals surface area contributed by atoms with Crippen molar-refractivity contribution in [2.75, 3.05) is 0 Å². The summed E-state index contributed by atoms with van der Waals surface area (Å²) in [6, 6.07) is 1.90. The Labute approximate surface area is 128 Å². The molecule has 2 heterocycles. The second-order valence-electron chi connectivity index (χ2n) is 3.90. The number of nitrogens with zero attached hydrogens (tertiary/aromatic N) is 2. The Morgan fingerprint density at radius 3 is 2.89 bits per heavy atom. The third-order valence-corrected chi connectivity index (χ3v) is 4.95. The first-order valence-electron chi connectivity index (χ1n) is 5.52. The predicted octanol–water partition coefficient (Wildman–Crippen LogP) is 3.96. The van der Waals surface area contributed by atoms with E-state index in [0.717, 1.165) is 26.4 Å². The average molecular weight is 395 g/mol. The number of carbonyl (C=O) groups excluding carboxylic acids is 1. The molecule has 0 bridgehead atoms. The van der Waals surface area contributed by atoms with Crippen molar-refractivity contribution in [1.29, 1.82) is 0 Å². The van der Waals surface area contributed by atoms with Gasteiger partial charge in [0.15, 0.2) is 5.78 Å². The number of Topliss-reactive ketones (excluding diaryl/α,β-unsaturated/α-hetero) is 1. The summed E-state index contributed by atoms with van der Waals surface area (Å²) in [6.07, 6.45) is 0.306. The molecule has 0 saturated carbocycles. The first-order chi connectivity index (χ1) is 8.52. The van der Waals surface area contributed by atoms with E-state index in [2.05, 4.69) is 27.7 Å². The monoisotopic (exact) mass is 394 g/mol. The first-order valence-corrected chi connectivity index (χ1v) is 7.85. The molecule has 0 saturated heterocycles. The smallest absolute Gasteiger partial charge is 0.169 e. The molecule has 2 aromatic heterocycles. The van der Waals surface area contributed by atoms with Gasteiger partial charge in [-0.25, -0.2) is 0 Å². The highest BCUT2D eigenvalue weighted by atomic mass is 127. The van der Waals surface area contributed by atoms with Crippen LogP contribution >= 0.6 is 45.5 Å². The average Bonchev–Trinajstić information content (AvgIpc) is 2.88. The molecule has 3 nitrogen and oxygen atoms in total. The van der Waals surface area contributed by atoms with Crippen molar-refractivity contribution < 1.29 is 4.79 Å². The quantitative estimate of drug-likeness (QED) is 0.581. The van der Waals surface area contributed by atoms with E-state index < -0.39 is 0 Å². The largest absolute Gasteiger partial charge is 0.294 e. The molecular weight excluding hydrogens is 383 g/mol. The van der Waals surface area contributed by atoms with E-state index in [-0.39, 0.29) is 5.78 Å². The summed E-state index contributed by atoms with van der Waals surface area (Å²) >= 11 is 9.98. The van der Waals surface area contributed by atoms with Crippen LogP contribution in [-0.2, 0) is 13.0 Å². The Bertz CT molecular complexity index is 591. The Kier molecular flexibility index (Phi) is 4.45. The van der Waals surface area contributed by atoms with Crippen molar-refractivity contribution in [3.63, 3.8) is 0 Å². The lowest BCUT2D eigenvalue weighted by molar-refractivity contribution is 0.0991. The van der Waals surface area contributed by atoms with Crippen molar-refractivity contribution in [2.45, 2.75) is 26.8 Å². The zero-order chi connectivity index (χ0) is 13.3. The second-order valence-corrected chi connectivity index (χ2v) is 7.08. The summed E-state index contributed by atoms with van der Waals surface area (Å²) in [7, 11) is 0. The molecule has 0 amide bonds. The van der Waals surface area contributed by atoms with E-state index in [1.54, 1.807) is 16.0 Å². The zero-order valence-corrected chi connectivity index (χ0v) is 13.8. The van der Waals surface area contributed by atoms with Crippen LogP contribution in [0.25, 0.3) is 0 Å². The number of aromatic nitrogens is 2. The van der Waals surface area contributed by atoms with Crippen LogP contribution < -0.4 is 0 Å². The molecule has 0 unspecified atom stereocenters. The van der Waals surface area contributed by atoms with Crippen LogP contribution in [0, 0.1) is 9.81 Å². The summed E-state index contributed by atoms with van der Waals surface area (Å²) in [5.41, 5.74) is 2.34. The summed E-state index contributed by atoms with van der Waals surface area (Å²) in [6.45, 7) is 4.57. The van der Waals surface area contributed by atoms with Crippen molar-refractivity contribution in [3.8, 4) is 0 Å². The van der Waals surface area contributed by atoms with Gasteiger partial charge in [0.2, 0.25) is 0 Å². The summed E-state index contributed by atoms with van der Waals surface area (Å²) in [4.78, 5) is 12.2. The molecule has 6 heteroatoms. The summed E-state index contributed by atoms with van der Waals surface area (Å²) < 4.78 is 2.91. The molecule has 0 radical (unpaired) electrons. The van der Waals surface area contributed by atoms with E-state index in [9.17, 15) is 4.79 Å². The van der Waals surface area contributed by atoms with Crippen LogP contribution in [0.1, 0.15) is 28.7 Å². The molecule has 18 heavy (non-hydrogen) atoms. The number of rotatable bonds is 4. The maximum Gasteiger partial charge on any atom is 0.169 e. The second kappa shape index (κ2) is 5.71. The SMILES string of the molecule is CCn1nc(C)c(Cl)c1CC(=O)c1csc(I)c1. The number of carbonyl (C=O) groups is 1. The van der Waals surface area contributed by atoms with Gasteiger partial charge < -0.3 is 0 Å². The van der Waals surface area contributed by atoms with Gasteiger partial charge in [-0.3, -0.25) is 9.48 Å². The van der Waals surface area contributed by atoms with Gasteiger partial charge in [-0.1, -0.05) is 11.6 Å². The van der Waals surface area contributed by atoms with Crippen LogP contribution in [-0.4, -0.2) is 15.6 Å². The van der Waals surface area contributed by atoms with Gasteiger partial charge in [0.1, 0.15) is 0 Å². The molecule has 2 aromatic rings. The van der Waals surface area contributed by atoms with Gasteiger partial charge in [0.25, 0.3) is 0 Å². The normalized spacial score (nSPS) is 10.9. The molecule has 0 fully saturated rings. The number of halogens is 2. The Morgan fingerprint density at radius 1 is 1.61 bits per heavy atom. The summed E-state index contributed by atoms with van der Waals surface area (Å²) in [5, 5.41) is 6.81. The van der Waals surface area contributed by atoms with Crippen molar-refractivity contribution in [2.24, 2.45) is 0 Å². The minimum atomic E-state index is 0.0886. The molecule has 0 aliphatic carbocycles. The molecule has 0 aliphatic heterocycles. The fourth-order valence-electron chi connectivity index (χ4n) is 1.75. The Morgan fingerprint density at radius 2 is 2.33 bits per heavy atom. The highest BCUT2D eigenvalue weighted by molar-refractivity contribution is 14.1. The van der Waals surface area contributed by atoms with E-state index in [4.69, 9.17) is 11.6 Å². The lowest BCUT2D eigenvalue weighted by Crippen LogP contribution is -2.09. The first kappa shape index (κ1) is 14.0. The Balaban J connectivity index is 2.26.